The van der Waals surface area contributed by atoms with Crippen LogP contribution in [0.4, 0.5) is 22.0 Å². The average molecular weight is 275 g/mol. The van der Waals surface area contributed by atoms with Crippen LogP contribution >= 0.6 is 0 Å². The van der Waals surface area contributed by atoms with Gasteiger partial charge in [-0.2, -0.15) is 0 Å². The zero-order valence-electron chi connectivity index (χ0n) is 9.22. The summed E-state index contributed by atoms with van der Waals surface area (Å²) in [5, 5.41) is 8.84. The molecule has 0 aliphatic carbocycles. The zero-order valence-corrected chi connectivity index (χ0v) is 9.22. The van der Waals surface area contributed by atoms with Crippen molar-refractivity contribution < 1.29 is 27.1 Å². The molecule has 1 aromatic carbocycles. The van der Waals surface area contributed by atoms with E-state index in [1.807, 2.05) is 0 Å². The van der Waals surface area contributed by atoms with Gasteiger partial charge in [0.2, 0.25) is 5.82 Å². The standard InChI is InChI=1S/C12H6F5NO/c13-8-7(5-1-2-18-6(3-5)4-19)9(14)11(16)12(17)10(8)15/h1-3,19H,4H2. The second kappa shape index (κ2) is 4.93. The lowest BCUT2D eigenvalue weighted by molar-refractivity contribution is 0.277. The average Bonchev–Trinajstić information content (AvgIpc) is 2.43. The maximum absolute atomic E-state index is 13.5. The summed E-state index contributed by atoms with van der Waals surface area (Å²) >= 11 is 0. The first kappa shape index (κ1) is 13.4. The highest BCUT2D eigenvalue weighted by molar-refractivity contribution is 5.65. The fraction of sp³-hybridized carbons (Fsp3) is 0.0833. The highest BCUT2D eigenvalue weighted by atomic mass is 19.2. The summed E-state index contributed by atoms with van der Waals surface area (Å²) in [7, 11) is 0. The van der Waals surface area contributed by atoms with Crippen molar-refractivity contribution in [1.29, 1.82) is 0 Å². The van der Waals surface area contributed by atoms with Gasteiger partial charge in [0.15, 0.2) is 23.3 Å². The number of halogens is 5. The van der Waals surface area contributed by atoms with Crippen molar-refractivity contribution in [3.8, 4) is 11.1 Å². The van der Waals surface area contributed by atoms with E-state index in [-0.39, 0.29) is 11.3 Å². The largest absolute Gasteiger partial charge is 0.390 e. The second-order valence-electron chi connectivity index (χ2n) is 3.64. The first-order valence-corrected chi connectivity index (χ1v) is 5.05. The molecule has 0 spiro atoms. The molecule has 0 amide bonds. The van der Waals surface area contributed by atoms with Crippen LogP contribution in [0.3, 0.4) is 0 Å². The molecule has 0 aliphatic rings. The lowest BCUT2D eigenvalue weighted by Crippen LogP contribution is -2.04. The number of rotatable bonds is 2. The number of aliphatic hydroxyl groups is 1. The monoisotopic (exact) mass is 275 g/mol. The molecule has 1 aromatic heterocycles. The fourth-order valence-electron chi connectivity index (χ4n) is 1.58. The summed E-state index contributed by atoms with van der Waals surface area (Å²) in [4.78, 5) is 3.65. The first-order valence-electron chi connectivity index (χ1n) is 5.05. The SMILES string of the molecule is OCc1cc(-c2c(F)c(F)c(F)c(F)c2F)ccn1. The quantitative estimate of drug-likeness (QED) is 0.519. The fourth-order valence-corrected chi connectivity index (χ4v) is 1.58. The van der Waals surface area contributed by atoms with Crippen molar-refractivity contribution in [1.82, 2.24) is 4.98 Å². The van der Waals surface area contributed by atoms with Gasteiger partial charge in [0, 0.05) is 6.20 Å². The third-order valence-corrected chi connectivity index (χ3v) is 2.48. The summed E-state index contributed by atoms with van der Waals surface area (Å²) in [5.41, 5.74) is -1.26. The van der Waals surface area contributed by atoms with Gasteiger partial charge < -0.3 is 5.11 Å². The number of benzene rings is 1. The van der Waals surface area contributed by atoms with Gasteiger partial charge in [-0.3, -0.25) is 4.98 Å². The third-order valence-electron chi connectivity index (χ3n) is 2.48. The van der Waals surface area contributed by atoms with Crippen LogP contribution in [0, 0.1) is 29.1 Å². The van der Waals surface area contributed by atoms with E-state index in [4.69, 9.17) is 5.11 Å². The van der Waals surface area contributed by atoms with E-state index in [1.54, 1.807) is 0 Å². The number of pyridine rings is 1. The van der Waals surface area contributed by atoms with Gasteiger partial charge in [-0.15, -0.1) is 0 Å². The van der Waals surface area contributed by atoms with Gasteiger partial charge in [-0.1, -0.05) is 0 Å². The maximum atomic E-state index is 13.5. The summed E-state index contributed by atoms with van der Waals surface area (Å²) in [6, 6.07) is 2.12. The number of nitrogens with zero attached hydrogens (tertiary/aromatic N) is 1. The summed E-state index contributed by atoms with van der Waals surface area (Å²) in [5.74, 6) is -10.1. The van der Waals surface area contributed by atoms with E-state index in [1.165, 1.54) is 0 Å². The van der Waals surface area contributed by atoms with Gasteiger partial charge in [-0.05, 0) is 17.7 Å². The molecule has 2 aromatic rings. The minimum absolute atomic E-state index is 0.0430. The Labute approximate surface area is 104 Å². The van der Waals surface area contributed by atoms with Crippen LogP contribution < -0.4 is 0 Å². The van der Waals surface area contributed by atoms with Gasteiger partial charge in [0.25, 0.3) is 0 Å². The molecule has 1 heterocycles. The molecule has 19 heavy (non-hydrogen) atoms. The molecule has 0 unspecified atom stereocenters. The van der Waals surface area contributed by atoms with E-state index in [9.17, 15) is 22.0 Å². The Balaban J connectivity index is 2.75. The maximum Gasteiger partial charge on any atom is 0.200 e. The van der Waals surface area contributed by atoms with Gasteiger partial charge >= 0.3 is 0 Å². The highest BCUT2D eigenvalue weighted by Crippen LogP contribution is 2.31. The van der Waals surface area contributed by atoms with E-state index in [0.717, 1.165) is 18.3 Å². The normalized spacial score (nSPS) is 10.8. The van der Waals surface area contributed by atoms with Crippen LogP contribution in [-0.2, 0) is 6.61 Å². The Bertz CT molecular complexity index is 615. The second-order valence-corrected chi connectivity index (χ2v) is 3.64. The molecule has 0 radical (unpaired) electrons. The molecule has 0 fully saturated rings. The van der Waals surface area contributed by atoms with Crippen molar-refractivity contribution in [3.05, 3.63) is 53.1 Å². The Hall–Kier alpha value is -2.02. The predicted octanol–water partition coefficient (Wildman–Crippen LogP) is 2.94. The van der Waals surface area contributed by atoms with Crippen molar-refractivity contribution >= 4 is 0 Å². The lowest BCUT2D eigenvalue weighted by Gasteiger charge is -2.08. The number of hydrogen-bond acceptors (Lipinski definition) is 2. The molecular weight excluding hydrogens is 269 g/mol. The van der Waals surface area contributed by atoms with Crippen LogP contribution in [0.1, 0.15) is 5.69 Å². The smallest absolute Gasteiger partial charge is 0.200 e. The predicted molar refractivity (Wildman–Crippen MR) is 55.4 cm³/mol. The molecule has 2 rings (SSSR count). The Morgan fingerprint density at radius 3 is 1.95 bits per heavy atom. The molecule has 7 heteroatoms. The molecular formula is C12H6F5NO. The van der Waals surface area contributed by atoms with Crippen molar-refractivity contribution in [2.45, 2.75) is 6.61 Å². The minimum atomic E-state index is -2.21. The number of aliphatic hydroxyl groups excluding tert-OH is 1. The molecule has 0 saturated heterocycles. The highest BCUT2D eigenvalue weighted by Gasteiger charge is 2.26. The molecule has 0 saturated carbocycles. The Morgan fingerprint density at radius 2 is 1.42 bits per heavy atom. The molecule has 100 valence electrons. The van der Waals surface area contributed by atoms with Crippen LogP contribution in [0.25, 0.3) is 11.1 Å². The molecule has 0 bridgehead atoms. The van der Waals surface area contributed by atoms with E-state index in [2.05, 4.69) is 4.98 Å². The van der Waals surface area contributed by atoms with Gasteiger partial charge in [0.05, 0.1) is 17.9 Å². The van der Waals surface area contributed by atoms with Crippen molar-refractivity contribution in [2.75, 3.05) is 0 Å². The van der Waals surface area contributed by atoms with Crippen LogP contribution in [-0.4, -0.2) is 10.1 Å². The zero-order chi connectivity index (χ0) is 14.2. The van der Waals surface area contributed by atoms with Gasteiger partial charge in [-0.25, -0.2) is 22.0 Å². The van der Waals surface area contributed by atoms with Gasteiger partial charge in [0.1, 0.15) is 0 Å². The Morgan fingerprint density at radius 1 is 0.895 bits per heavy atom. The van der Waals surface area contributed by atoms with Crippen molar-refractivity contribution in [2.24, 2.45) is 0 Å². The summed E-state index contributed by atoms with van der Waals surface area (Å²) in [6.07, 6.45) is 1.10. The summed E-state index contributed by atoms with van der Waals surface area (Å²) < 4.78 is 66.0. The minimum Gasteiger partial charge on any atom is -0.390 e. The third kappa shape index (κ3) is 2.17. The molecule has 0 atom stereocenters. The van der Waals surface area contributed by atoms with Crippen LogP contribution in [0.5, 0.6) is 0 Å². The number of aromatic nitrogens is 1. The van der Waals surface area contributed by atoms with Crippen molar-refractivity contribution in [3.63, 3.8) is 0 Å². The molecule has 1 N–H and O–H groups in total. The number of hydrogen-bond donors (Lipinski definition) is 1. The molecule has 2 nitrogen and oxygen atoms in total. The topological polar surface area (TPSA) is 33.1 Å². The summed E-state index contributed by atoms with van der Waals surface area (Å²) in [6.45, 7) is -0.525. The van der Waals surface area contributed by atoms with E-state index in [0.29, 0.717) is 0 Å². The van der Waals surface area contributed by atoms with E-state index >= 15 is 0 Å². The first-order chi connectivity index (χ1) is 8.97. The Kier molecular flexibility index (Phi) is 3.48. The van der Waals surface area contributed by atoms with E-state index < -0.39 is 41.3 Å². The lowest BCUT2D eigenvalue weighted by atomic mass is 10.0. The molecule has 0 aliphatic heterocycles. The van der Waals surface area contributed by atoms with Crippen LogP contribution in [0.2, 0.25) is 0 Å². The van der Waals surface area contributed by atoms with Crippen LogP contribution in [0.15, 0.2) is 18.3 Å².